The molecule has 1 aliphatic rings. The van der Waals surface area contributed by atoms with E-state index in [1.54, 1.807) is 7.11 Å². The van der Waals surface area contributed by atoms with Crippen LogP contribution in [0.5, 0.6) is 0 Å². The lowest BCUT2D eigenvalue weighted by molar-refractivity contribution is -0.122. The Morgan fingerprint density at radius 1 is 1.60 bits per heavy atom. The average molecular weight is 143 g/mol. The minimum Gasteiger partial charge on any atom is -0.379 e. The molecule has 3 nitrogen and oxygen atoms in total. The Morgan fingerprint density at radius 2 is 2.30 bits per heavy atom. The van der Waals surface area contributed by atoms with Gasteiger partial charge in [-0.1, -0.05) is 0 Å². The van der Waals surface area contributed by atoms with Crippen LogP contribution in [0.4, 0.5) is 0 Å². The van der Waals surface area contributed by atoms with E-state index >= 15 is 0 Å². The van der Waals surface area contributed by atoms with E-state index in [0.717, 1.165) is 12.8 Å². The van der Waals surface area contributed by atoms with Crippen molar-refractivity contribution in [1.82, 2.24) is 5.32 Å². The first-order valence-electron chi connectivity index (χ1n) is 3.54. The molecule has 0 aromatic carbocycles. The topological polar surface area (TPSA) is 38.3 Å². The van der Waals surface area contributed by atoms with Gasteiger partial charge in [0.25, 0.3) is 0 Å². The first kappa shape index (κ1) is 7.54. The predicted octanol–water partition coefficient (Wildman–Crippen LogP) is 0.300. The highest BCUT2D eigenvalue weighted by molar-refractivity contribution is 5.73. The van der Waals surface area contributed by atoms with Crippen molar-refractivity contribution in [2.45, 2.75) is 31.9 Å². The van der Waals surface area contributed by atoms with Crippen molar-refractivity contribution in [3.63, 3.8) is 0 Å². The van der Waals surface area contributed by atoms with Gasteiger partial charge in [0.05, 0.1) is 12.1 Å². The summed E-state index contributed by atoms with van der Waals surface area (Å²) >= 11 is 0. The molecular formula is C7H13NO2. The van der Waals surface area contributed by atoms with Crippen LogP contribution in [0.2, 0.25) is 0 Å². The van der Waals surface area contributed by atoms with Crippen LogP contribution in [0.1, 0.15) is 19.8 Å². The van der Waals surface area contributed by atoms with Gasteiger partial charge in [-0.05, 0) is 12.8 Å². The van der Waals surface area contributed by atoms with Gasteiger partial charge < -0.3 is 10.1 Å². The van der Waals surface area contributed by atoms with Crippen LogP contribution in [-0.2, 0) is 9.53 Å². The van der Waals surface area contributed by atoms with Gasteiger partial charge in [-0.15, -0.1) is 0 Å². The maximum Gasteiger partial charge on any atom is 0.217 e. The van der Waals surface area contributed by atoms with Gasteiger partial charge in [0.1, 0.15) is 0 Å². The van der Waals surface area contributed by atoms with Crippen LogP contribution in [0.3, 0.4) is 0 Å². The summed E-state index contributed by atoms with van der Waals surface area (Å²) in [5.74, 6) is 0.0340. The fourth-order valence-electron chi connectivity index (χ4n) is 1.18. The molecule has 10 heavy (non-hydrogen) atoms. The number of rotatable bonds is 2. The summed E-state index contributed by atoms with van der Waals surface area (Å²) in [5, 5.41) is 2.82. The molecule has 0 radical (unpaired) electrons. The van der Waals surface area contributed by atoms with Crippen molar-refractivity contribution in [2.24, 2.45) is 0 Å². The van der Waals surface area contributed by atoms with Crippen LogP contribution in [0.25, 0.3) is 0 Å². The molecule has 1 aliphatic carbocycles. The molecule has 1 saturated carbocycles. The molecule has 3 heteroatoms. The Bertz CT molecular complexity index is 134. The Morgan fingerprint density at radius 3 is 2.60 bits per heavy atom. The number of ether oxygens (including phenoxy) is 1. The van der Waals surface area contributed by atoms with E-state index in [1.807, 2.05) is 0 Å². The normalized spacial score (nSPS) is 31.0. The molecule has 1 amide bonds. The van der Waals surface area contributed by atoms with Crippen molar-refractivity contribution in [3.8, 4) is 0 Å². The second-order valence-corrected chi connectivity index (χ2v) is 2.66. The molecule has 1 fully saturated rings. The third-order valence-corrected chi connectivity index (χ3v) is 1.90. The van der Waals surface area contributed by atoms with E-state index in [0.29, 0.717) is 0 Å². The largest absolute Gasteiger partial charge is 0.379 e. The van der Waals surface area contributed by atoms with E-state index in [1.165, 1.54) is 6.92 Å². The monoisotopic (exact) mass is 143 g/mol. The van der Waals surface area contributed by atoms with Gasteiger partial charge in [-0.25, -0.2) is 0 Å². The lowest BCUT2D eigenvalue weighted by Gasteiger charge is -2.35. The van der Waals surface area contributed by atoms with Gasteiger partial charge in [0.15, 0.2) is 0 Å². The number of methoxy groups -OCH3 is 1. The minimum atomic E-state index is 0.0340. The molecular weight excluding hydrogens is 130 g/mol. The Kier molecular flexibility index (Phi) is 2.27. The third-order valence-electron chi connectivity index (χ3n) is 1.90. The number of hydrogen-bond donors (Lipinski definition) is 1. The molecule has 58 valence electrons. The number of carbonyl (C=O) groups is 1. The summed E-state index contributed by atoms with van der Waals surface area (Å²) in [6.07, 6.45) is 2.38. The van der Waals surface area contributed by atoms with Gasteiger partial charge >= 0.3 is 0 Å². The summed E-state index contributed by atoms with van der Waals surface area (Å²) in [6, 6.07) is 0.266. The zero-order valence-electron chi connectivity index (χ0n) is 6.39. The second-order valence-electron chi connectivity index (χ2n) is 2.66. The van der Waals surface area contributed by atoms with Crippen LogP contribution in [0, 0.1) is 0 Å². The summed E-state index contributed by atoms with van der Waals surface area (Å²) in [7, 11) is 1.68. The second kappa shape index (κ2) is 3.01. The highest BCUT2D eigenvalue weighted by Gasteiger charge is 2.30. The molecule has 1 rings (SSSR count). The molecule has 0 saturated heterocycles. The van der Waals surface area contributed by atoms with Crippen LogP contribution in [-0.4, -0.2) is 25.2 Å². The molecule has 0 bridgehead atoms. The van der Waals surface area contributed by atoms with Gasteiger partial charge in [0.2, 0.25) is 5.91 Å². The zero-order chi connectivity index (χ0) is 7.56. The molecule has 0 aromatic heterocycles. The fraction of sp³-hybridized carbons (Fsp3) is 0.857. The lowest BCUT2D eigenvalue weighted by Crippen LogP contribution is -2.50. The van der Waals surface area contributed by atoms with Gasteiger partial charge in [-0.3, -0.25) is 4.79 Å². The molecule has 0 aliphatic heterocycles. The fourth-order valence-corrected chi connectivity index (χ4v) is 1.18. The van der Waals surface area contributed by atoms with Crippen LogP contribution >= 0.6 is 0 Å². The summed E-state index contributed by atoms with van der Waals surface area (Å²) in [5.41, 5.74) is 0. The quantitative estimate of drug-likeness (QED) is 0.603. The van der Waals surface area contributed by atoms with E-state index in [-0.39, 0.29) is 18.1 Å². The van der Waals surface area contributed by atoms with E-state index in [9.17, 15) is 4.79 Å². The molecule has 0 aromatic rings. The summed E-state index contributed by atoms with van der Waals surface area (Å²) < 4.78 is 5.08. The Hall–Kier alpha value is -0.570. The smallest absolute Gasteiger partial charge is 0.217 e. The van der Waals surface area contributed by atoms with Crippen molar-refractivity contribution in [1.29, 1.82) is 0 Å². The van der Waals surface area contributed by atoms with Crippen molar-refractivity contribution < 1.29 is 9.53 Å². The number of nitrogens with one attached hydrogen (secondary N) is 1. The average Bonchev–Trinajstić information content (AvgIpc) is 1.82. The van der Waals surface area contributed by atoms with Gasteiger partial charge in [-0.2, -0.15) is 0 Å². The zero-order valence-corrected chi connectivity index (χ0v) is 6.39. The molecule has 0 spiro atoms. The van der Waals surface area contributed by atoms with Crippen molar-refractivity contribution in [3.05, 3.63) is 0 Å². The predicted molar refractivity (Wildman–Crippen MR) is 37.6 cm³/mol. The molecule has 0 heterocycles. The maximum atomic E-state index is 10.5. The SMILES string of the molecule is CO[C@@H]1CC[C@H]1NC(C)=O. The van der Waals surface area contributed by atoms with E-state index in [4.69, 9.17) is 4.74 Å². The molecule has 1 N–H and O–H groups in total. The van der Waals surface area contributed by atoms with Crippen LogP contribution < -0.4 is 5.32 Å². The summed E-state index contributed by atoms with van der Waals surface area (Å²) in [4.78, 5) is 10.5. The minimum absolute atomic E-state index is 0.0340. The standard InChI is InChI=1S/C7H13NO2/c1-5(9)8-6-3-4-7(6)10-2/h6-7H,3-4H2,1-2H3,(H,8,9)/t6-,7-/m1/s1. The van der Waals surface area contributed by atoms with E-state index in [2.05, 4.69) is 5.32 Å². The van der Waals surface area contributed by atoms with Crippen molar-refractivity contribution >= 4 is 5.91 Å². The summed E-state index contributed by atoms with van der Waals surface area (Å²) in [6.45, 7) is 1.53. The number of hydrogen-bond acceptors (Lipinski definition) is 2. The van der Waals surface area contributed by atoms with Gasteiger partial charge in [0, 0.05) is 14.0 Å². The first-order valence-corrected chi connectivity index (χ1v) is 3.54. The molecule has 2 atom stereocenters. The Balaban J connectivity index is 2.23. The third kappa shape index (κ3) is 1.48. The van der Waals surface area contributed by atoms with Crippen LogP contribution in [0.15, 0.2) is 0 Å². The highest BCUT2D eigenvalue weighted by Crippen LogP contribution is 2.22. The van der Waals surface area contributed by atoms with Crippen molar-refractivity contribution in [2.75, 3.05) is 7.11 Å². The lowest BCUT2D eigenvalue weighted by atomic mass is 9.89. The highest BCUT2D eigenvalue weighted by atomic mass is 16.5. The first-order chi connectivity index (χ1) is 4.74. The number of amides is 1. The molecule has 0 unspecified atom stereocenters. The Labute approximate surface area is 60.7 Å². The van der Waals surface area contributed by atoms with E-state index < -0.39 is 0 Å². The number of carbonyl (C=O) groups excluding carboxylic acids is 1. The maximum absolute atomic E-state index is 10.5.